The predicted molar refractivity (Wildman–Crippen MR) is 93.3 cm³/mol. The molecule has 1 aliphatic heterocycles. The zero-order valence-electron chi connectivity index (χ0n) is 13.8. The second kappa shape index (κ2) is 9.26. The SMILES string of the molecule is CCCCN(Cc1ccccc1Cl)C(=O)C(N)C1CCOCC1. The number of unbranched alkanes of at least 4 members (excludes halogenated alkanes) is 1. The van der Waals surface area contributed by atoms with Gasteiger partial charge in [-0.1, -0.05) is 43.1 Å². The smallest absolute Gasteiger partial charge is 0.240 e. The van der Waals surface area contributed by atoms with Gasteiger partial charge in [0.25, 0.3) is 0 Å². The van der Waals surface area contributed by atoms with E-state index in [2.05, 4.69) is 6.92 Å². The van der Waals surface area contributed by atoms with Crippen molar-refractivity contribution in [2.24, 2.45) is 11.7 Å². The Kier molecular flexibility index (Phi) is 7.34. The van der Waals surface area contributed by atoms with Gasteiger partial charge in [-0.15, -0.1) is 0 Å². The maximum absolute atomic E-state index is 12.9. The minimum Gasteiger partial charge on any atom is -0.381 e. The predicted octanol–water partition coefficient (Wildman–Crippen LogP) is 3.22. The van der Waals surface area contributed by atoms with E-state index >= 15 is 0 Å². The number of ether oxygens (including phenoxy) is 1. The summed E-state index contributed by atoms with van der Waals surface area (Å²) in [4.78, 5) is 14.7. The van der Waals surface area contributed by atoms with Crippen LogP contribution in [0.1, 0.15) is 38.2 Å². The molecule has 1 amide bonds. The second-order valence-corrected chi connectivity index (χ2v) is 6.59. The molecule has 1 aromatic rings. The Morgan fingerprint density at radius 3 is 2.74 bits per heavy atom. The maximum atomic E-state index is 12.9. The Balaban J connectivity index is 2.06. The summed E-state index contributed by atoms with van der Waals surface area (Å²) in [5.74, 6) is 0.247. The molecule has 1 saturated heterocycles. The third kappa shape index (κ3) is 5.20. The van der Waals surface area contributed by atoms with E-state index in [1.54, 1.807) is 0 Å². The molecule has 0 spiro atoms. The van der Waals surface area contributed by atoms with Crippen LogP contribution in [-0.4, -0.2) is 36.6 Å². The van der Waals surface area contributed by atoms with Crippen LogP contribution in [-0.2, 0) is 16.1 Å². The molecule has 0 aliphatic carbocycles. The van der Waals surface area contributed by atoms with Crippen molar-refractivity contribution in [2.75, 3.05) is 19.8 Å². The van der Waals surface area contributed by atoms with E-state index in [-0.39, 0.29) is 11.8 Å². The average Bonchev–Trinajstić information content (AvgIpc) is 2.59. The summed E-state index contributed by atoms with van der Waals surface area (Å²) in [6.45, 7) is 4.76. The molecule has 0 bridgehead atoms. The number of hydrogen-bond acceptors (Lipinski definition) is 3. The summed E-state index contributed by atoms with van der Waals surface area (Å²) in [6.07, 6.45) is 3.73. The first-order chi connectivity index (χ1) is 11.1. The maximum Gasteiger partial charge on any atom is 0.240 e. The lowest BCUT2D eigenvalue weighted by Gasteiger charge is -2.32. The highest BCUT2D eigenvalue weighted by Gasteiger charge is 2.30. The number of rotatable bonds is 7. The zero-order valence-corrected chi connectivity index (χ0v) is 14.6. The molecule has 1 heterocycles. The van der Waals surface area contributed by atoms with Crippen molar-refractivity contribution in [3.05, 3.63) is 34.9 Å². The number of nitrogens with two attached hydrogens (primary N) is 1. The number of carbonyl (C=O) groups excluding carboxylic acids is 1. The lowest BCUT2D eigenvalue weighted by Crippen LogP contribution is -2.49. The van der Waals surface area contributed by atoms with Gasteiger partial charge < -0.3 is 15.4 Å². The molecule has 1 unspecified atom stereocenters. The molecule has 0 radical (unpaired) electrons. The van der Waals surface area contributed by atoms with Crippen molar-refractivity contribution in [3.63, 3.8) is 0 Å². The van der Waals surface area contributed by atoms with Gasteiger partial charge in [0.05, 0.1) is 6.04 Å². The van der Waals surface area contributed by atoms with Crippen LogP contribution in [0.4, 0.5) is 0 Å². The van der Waals surface area contributed by atoms with Crippen molar-refractivity contribution >= 4 is 17.5 Å². The highest BCUT2D eigenvalue weighted by molar-refractivity contribution is 6.31. The van der Waals surface area contributed by atoms with Crippen LogP contribution in [0.3, 0.4) is 0 Å². The first-order valence-electron chi connectivity index (χ1n) is 8.49. The van der Waals surface area contributed by atoms with Gasteiger partial charge in [-0.2, -0.15) is 0 Å². The summed E-state index contributed by atoms with van der Waals surface area (Å²) in [6, 6.07) is 7.23. The third-order valence-electron chi connectivity index (χ3n) is 4.47. The Labute approximate surface area is 143 Å². The van der Waals surface area contributed by atoms with Gasteiger partial charge in [-0.3, -0.25) is 4.79 Å². The van der Waals surface area contributed by atoms with Gasteiger partial charge in [0.1, 0.15) is 0 Å². The van der Waals surface area contributed by atoms with E-state index in [0.29, 0.717) is 24.8 Å². The van der Waals surface area contributed by atoms with E-state index < -0.39 is 6.04 Å². The standard InChI is InChI=1S/C18H27ClN2O2/c1-2-3-10-21(13-15-6-4-5-7-16(15)19)18(22)17(20)14-8-11-23-12-9-14/h4-7,14,17H,2-3,8-13,20H2,1H3. The van der Waals surface area contributed by atoms with Crippen molar-refractivity contribution < 1.29 is 9.53 Å². The fourth-order valence-electron chi connectivity index (χ4n) is 2.94. The summed E-state index contributed by atoms with van der Waals surface area (Å²) in [5.41, 5.74) is 7.25. The molecule has 23 heavy (non-hydrogen) atoms. The second-order valence-electron chi connectivity index (χ2n) is 6.18. The minimum absolute atomic E-state index is 0.0327. The lowest BCUT2D eigenvalue weighted by atomic mass is 9.91. The largest absolute Gasteiger partial charge is 0.381 e. The number of nitrogens with zero attached hydrogens (tertiary/aromatic N) is 1. The van der Waals surface area contributed by atoms with Crippen LogP contribution in [0, 0.1) is 5.92 Å². The fourth-order valence-corrected chi connectivity index (χ4v) is 3.13. The number of benzene rings is 1. The molecule has 1 aliphatic rings. The van der Waals surface area contributed by atoms with Crippen molar-refractivity contribution in [1.82, 2.24) is 4.90 Å². The molecule has 0 saturated carbocycles. The monoisotopic (exact) mass is 338 g/mol. The van der Waals surface area contributed by atoms with Gasteiger partial charge >= 0.3 is 0 Å². The highest BCUT2D eigenvalue weighted by atomic mass is 35.5. The topological polar surface area (TPSA) is 55.6 Å². The van der Waals surface area contributed by atoms with Crippen LogP contribution < -0.4 is 5.73 Å². The molecule has 128 valence electrons. The number of carbonyl (C=O) groups is 1. The van der Waals surface area contributed by atoms with E-state index in [1.165, 1.54) is 0 Å². The molecule has 1 fully saturated rings. The fraction of sp³-hybridized carbons (Fsp3) is 0.611. The summed E-state index contributed by atoms with van der Waals surface area (Å²) in [5, 5.41) is 0.696. The van der Waals surface area contributed by atoms with E-state index in [0.717, 1.165) is 37.8 Å². The number of amides is 1. The molecule has 1 aromatic carbocycles. The Morgan fingerprint density at radius 1 is 1.39 bits per heavy atom. The molecular formula is C18H27ClN2O2. The van der Waals surface area contributed by atoms with Gasteiger partial charge in [0.2, 0.25) is 5.91 Å². The van der Waals surface area contributed by atoms with E-state index in [1.807, 2.05) is 29.2 Å². The number of hydrogen-bond donors (Lipinski definition) is 1. The van der Waals surface area contributed by atoms with Gasteiger partial charge in [0.15, 0.2) is 0 Å². The molecule has 5 heteroatoms. The van der Waals surface area contributed by atoms with Gasteiger partial charge in [0, 0.05) is 31.3 Å². The van der Waals surface area contributed by atoms with Crippen LogP contribution >= 0.6 is 11.6 Å². The van der Waals surface area contributed by atoms with Gasteiger partial charge in [-0.25, -0.2) is 0 Å². The quantitative estimate of drug-likeness (QED) is 0.830. The average molecular weight is 339 g/mol. The van der Waals surface area contributed by atoms with E-state index in [4.69, 9.17) is 22.1 Å². The molecule has 4 nitrogen and oxygen atoms in total. The molecule has 0 aromatic heterocycles. The first kappa shape index (κ1) is 18.2. The Morgan fingerprint density at radius 2 is 2.09 bits per heavy atom. The van der Waals surface area contributed by atoms with Crippen LogP contribution in [0.5, 0.6) is 0 Å². The van der Waals surface area contributed by atoms with Crippen LogP contribution in [0.15, 0.2) is 24.3 Å². The van der Waals surface area contributed by atoms with Crippen molar-refractivity contribution in [2.45, 2.75) is 45.2 Å². The molecule has 2 N–H and O–H groups in total. The first-order valence-corrected chi connectivity index (χ1v) is 8.86. The molecular weight excluding hydrogens is 312 g/mol. The van der Waals surface area contributed by atoms with Crippen molar-refractivity contribution in [3.8, 4) is 0 Å². The third-order valence-corrected chi connectivity index (χ3v) is 4.84. The summed E-state index contributed by atoms with van der Waals surface area (Å²) >= 11 is 6.25. The molecule has 2 rings (SSSR count). The molecule has 1 atom stereocenters. The lowest BCUT2D eigenvalue weighted by molar-refractivity contribution is -0.135. The highest BCUT2D eigenvalue weighted by Crippen LogP contribution is 2.22. The Hall–Kier alpha value is -1.10. The Bertz CT molecular complexity index is 504. The minimum atomic E-state index is -0.446. The van der Waals surface area contributed by atoms with Crippen LogP contribution in [0.2, 0.25) is 5.02 Å². The summed E-state index contributed by atoms with van der Waals surface area (Å²) in [7, 11) is 0. The normalized spacial score (nSPS) is 17.0. The number of halogens is 1. The van der Waals surface area contributed by atoms with Crippen LogP contribution in [0.25, 0.3) is 0 Å². The van der Waals surface area contributed by atoms with Gasteiger partial charge in [-0.05, 0) is 36.8 Å². The van der Waals surface area contributed by atoms with Crippen molar-refractivity contribution in [1.29, 1.82) is 0 Å². The van der Waals surface area contributed by atoms with E-state index in [9.17, 15) is 4.79 Å². The summed E-state index contributed by atoms with van der Waals surface area (Å²) < 4.78 is 5.37. The zero-order chi connectivity index (χ0) is 16.7.